The van der Waals surface area contributed by atoms with E-state index in [1.807, 2.05) is 12.1 Å². The van der Waals surface area contributed by atoms with Crippen LogP contribution in [-0.4, -0.2) is 0 Å². The molecule has 92 valence electrons. The monoisotopic (exact) mass is 442 g/mol. The van der Waals surface area contributed by atoms with Crippen molar-refractivity contribution in [1.82, 2.24) is 0 Å². The standard InChI is InChI=1S/C16H8S2.2Y/c1-3-11(13-7-9-17-15(13)5-1)12-4-2-6-16-14(12)8-10-18-16;;/h1-4,7-10H;;/q-2;;. The van der Waals surface area contributed by atoms with E-state index < -0.39 is 0 Å². The fraction of sp³-hybridized carbons (Fsp3) is 0. The summed E-state index contributed by atoms with van der Waals surface area (Å²) < 4.78 is 2.45. The van der Waals surface area contributed by atoms with Gasteiger partial charge in [-0.1, -0.05) is 21.5 Å². The molecule has 4 aromatic rings. The minimum absolute atomic E-state index is 0. The molecule has 0 saturated heterocycles. The normalized spacial score (nSPS) is 10.2. The van der Waals surface area contributed by atoms with Crippen LogP contribution in [0.2, 0.25) is 0 Å². The van der Waals surface area contributed by atoms with E-state index in [1.165, 1.54) is 31.3 Å². The van der Waals surface area contributed by atoms with Gasteiger partial charge in [-0.3, -0.25) is 0 Å². The van der Waals surface area contributed by atoms with Gasteiger partial charge in [0.15, 0.2) is 0 Å². The summed E-state index contributed by atoms with van der Waals surface area (Å²) in [6.07, 6.45) is 0. The fourth-order valence-electron chi connectivity index (χ4n) is 2.32. The van der Waals surface area contributed by atoms with Gasteiger partial charge >= 0.3 is 0 Å². The molecular weight excluding hydrogens is 434 g/mol. The van der Waals surface area contributed by atoms with Gasteiger partial charge < -0.3 is 0 Å². The molecule has 0 spiro atoms. The Morgan fingerprint density at radius 1 is 0.650 bits per heavy atom. The first-order chi connectivity index (χ1) is 8.93. The summed E-state index contributed by atoms with van der Waals surface area (Å²) in [5.74, 6) is 0. The Hall–Kier alpha value is 0.568. The maximum absolute atomic E-state index is 3.30. The molecular formula is C16H8S2Y2-2. The number of benzene rings is 2. The van der Waals surface area contributed by atoms with E-state index >= 15 is 0 Å². The van der Waals surface area contributed by atoms with Crippen LogP contribution in [0.3, 0.4) is 0 Å². The van der Waals surface area contributed by atoms with Gasteiger partial charge in [-0.15, -0.1) is 21.9 Å². The Labute approximate surface area is 176 Å². The van der Waals surface area contributed by atoms with Crippen LogP contribution in [0.5, 0.6) is 0 Å². The van der Waals surface area contributed by atoms with Gasteiger partial charge in [0.05, 0.1) is 0 Å². The van der Waals surface area contributed by atoms with Crippen molar-refractivity contribution in [1.29, 1.82) is 0 Å². The molecule has 0 aliphatic heterocycles. The molecule has 2 radical (unpaired) electrons. The Morgan fingerprint density at radius 3 is 1.55 bits per heavy atom. The third kappa shape index (κ3) is 2.89. The van der Waals surface area contributed by atoms with Crippen molar-refractivity contribution in [3.8, 4) is 11.1 Å². The summed E-state index contributed by atoms with van der Waals surface area (Å²) in [6, 6.07) is 19.3. The molecule has 0 fully saturated rings. The number of hydrogen-bond donors (Lipinski definition) is 0. The van der Waals surface area contributed by atoms with Gasteiger partial charge in [-0.25, -0.2) is 0 Å². The first kappa shape index (κ1) is 16.9. The van der Waals surface area contributed by atoms with Crippen molar-refractivity contribution in [2.75, 3.05) is 0 Å². The van der Waals surface area contributed by atoms with Gasteiger partial charge in [0.2, 0.25) is 0 Å². The van der Waals surface area contributed by atoms with Crippen LogP contribution in [-0.2, 0) is 65.4 Å². The van der Waals surface area contributed by atoms with Crippen LogP contribution in [0.25, 0.3) is 31.3 Å². The van der Waals surface area contributed by atoms with Crippen LogP contribution in [0.4, 0.5) is 0 Å². The van der Waals surface area contributed by atoms with Gasteiger partial charge in [-0.05, 0) is 10.8 Å². The molecule has 0 aliphatic carbocycles. The quantitative estimate of drug-likeness (QED) is 0.348. The fourth-order valence-corrected chi connectivity index (χ4v) is 3.88. The van der Waals surface area contributed by atoms with Crippen molar-refractivity contribution < 1.29 is 65.4 Å². The molecule has 0 amide bonds. The van der Waals surface area contributed by atoms with Gasteiger partial charge in [0.25, 0.3) is 0 Å². The molecule has 0 atom stereocenters. The molecule has 2 aromatic heterocycles. The molecule has 20 heavy (non-hydrogen) atoms. The topological polar surface area (TPSA) is 0 Å². The molecule has 0 N–H and O–H groups in total. The van der Waals surface area contributed by atoms with Crippen LogP contribution >= 0.6 is 22.7 Å². The largest absolute Gasteiger partial charge is 0.175 e. The SMILES string of the molecule is [Y].[Y].[c-]1ccc(-c2cc[c-]c3sccc23)c2ccsc12. The zero-order chi connectivity index (χ0) is 11.9. The molecule has 0 aliphatic rings. The zero-order valence-corrected chi connectivity index (χ0v) is 17.9. The number of hydrogen-bond acceptors (Lipinski definition) is 2. The number of fused-ring (bicyclic) bond motifs is 2. The smallest absolute Gasteiger partial charge is 0 e. The van der Waals surface area contributed by atoms with Gasteiger partial charge in [0, 0.05) is 65.4 Å². The summed E-state index contributed by atoms with van der Waals surface area (Å²) in [7, 11) is 0. The third-order valence-electron chi connectivity index (χ3n) is 3.13. The van der Waals surface area contributed by atoms with Crippen LogP contribution in [0.1, 0.15) is 0 Å². The van der Waals surface area contributed by atoms with Gasteiger partial charge in [-0.2, -0.15) is 59.1 Å². The summed E-state index contributed by atoms with van der Waals surface area (Å²) >= 11 is 3.49. The Morgan fingerprint density at radius 2 is 1.10 bits per heavy atom. The predicted octanol–water partition coefficient (Wildman–Crippen LogP) is 5.38. The van der Waals surface area contributed by atoms with Crippen LogP contribution < -0.4 is 0 Å². The van der Waals surface area contributed by atoms with E-state index in [1.54, 1.807) is 22.7 Å². The Kier molecular flexibility index (Phi) is 6.11. The summed E-state index contributed by atoms with van der Waals surface area (Å²) in [4.78, 5) is 0. The van der Waals surface area contributed by atoms with E-state index in [-0.39, 0.29) is 65.4 Å². The second kappa shape index (κ2) is 7.22. The van der Waals surface area contributed by atoms with Crippen molar-refractivity contribution in [3.05, 3.63) is 59.3 Å². The minimum Gasteiger partial charge on any atom is -0.175 e. The second-order valence-electron chi connectivity index (χ2n) is 4.11. The average Bonchev–Trinajstić information content (AvgIpc) is 3.06. The van der Waals surface area contributed by atoms with E-state index in [9.17, 15) is 0 Å². The summed E-state index contributed by atoms with van der Waals surface area (Å²) in [5, 5.41) is 6.84. The predicted molar refractivity (Wildman–Crippen MR) is 80.3 cm³/mol. The van der Waals surface area contributed by atoms with Crippen molar-refractivity contribution in [2.24, 2.45) is 0 Å². The Bertz CT molecular complexity index is 774. The molecule has 2 aromatic carbocycles. The van der Waals surface area contributed by atoms with E-state index in [0.29, 0.717) is 0 Å². The van der Waals surface area contributed by atoms with Crippen molar-refractivity contribution in [2.45, 2.75) is 0 Å². The van der Waals surface area contributed by atoms with E-state index in [0.717, 1.165) is 0 Å². The maximum atomic E-state index is 3.30. The van der Waals surface area contributed by atoms with Crippen LogP contribution in [0.15, 0.2) is 47.2 Å². The van der Waals surface area contributed by atoms with Crippen molar-refractivity contribution >= 4 is 42.8 Å². The molecule has 4 heteroatoms. The number of thiophene rings is 2. The van der Waals surface area contributed by atoms with Gasteiger partial charge in [0.1, 0.15) is 0 Å². The third-order valence-corrected chi connectivity index (χ3v) is 4.82. The molecule has 0 unspecified atom stereocenters. The maximum Gasteiger partial charge on any atom is 0 e. The molecule has 0 saturated carbocycles. The van der Waals surface area contributed by atoms with E-state index in [2.05, 4.69) is 47.2 Å². The second-order valence-corrected chi connectivity index (χ2v) is 5.94. The molecule has 0 nitrogen and oxygen atoms in total. The average molecular weight is 442 g/mol. The Balaban J connectivity index is 0.000000735. The first-order valence-corrected chi connectivity index (χ1v) is 7.45. The minimum atomic E-state index is 0. The first-order valence-electron chi connectivity index (χ1n) is 5.70. The van der Waals surface area contributed by atoms with E-state index in [4.69, 9.17) is 0 Å². The molecule has 0 bridgehead atoms. The zero-order valence-electron chi connectivity index (χ0n) is 10.6. The number of rotatable bonds is 1. The summed E-state index contributed by atoms with van der Waals surface area (Å²) in [5.41, 5.74) is 2.59. The van der Waals surface area contributed by atoms with Crippen LogP contribution in [0, 0.1) is 12.1 Å². The molecule has 2 heterocycles. The van der Waals surface area contributed by atoms with Crippen molar-refractivity contribution in [3.63, 3.8) is 0 Å². The molecule has 4 rings (SSSR count). The summed E-state index contributed by atoms with van der Waals surface area (Å²) in [6.45, 7) is 0.